The van der Waals surface area contributed by atoms with Crippen molar-refractivity contribution in [3.05, 3.63) is 84.9 Å². The minimum absolute atomic E-state index is 0.0661. The van der Waals surface area contributed by atoms with Crippen molar-refractivity contribution >= 4 is 16.8 Å². The highest BCUT2D eigenvalue weighted by molar-refractivity contribution is 5.96. The van der Waals surface area contributed by atoms with Gasteiger partial charge in [-0.1, -0.05) is 6.58 Å². The minimum atomic E-state index is -0.607. The van der Waals surface area contributed by atoms with Crippen LogP contribution in [-0.4, -0.2) is 29.6 Å². The molecule has 2 aromatic heterocycles. The molecule has 0 bridgehead atoms. The number of nitrogens with two attached hydrogens (primary N) is 2. The molecule has 152 valence electrons. The van der Waals surface area contributed by atoms with Crippen molar-refractivity contribution in [1.82, 2.24) is 9.97 Å². The fraction of sp³-hybridized carbons (Fsp3) is 0.0870. The van der Waals surface area contributed by atoms with E-state index in [1.807, 2.05) is 36.4 Å². The molecule has 0 fully saturated rings. The number of pyridine rings is 2. The fourth-order valence-electron chi connectivity index (χ4n) is 2.86. The zero-order chi connectivity index (χ0) is 21.5. The number of hydrogen-bond donors (Lipinski definition) is 2. The van der Waals surface area contributed by atoms with Crippen LogP contribution >= 0.6 is 0 Å². The van der Waals surface area contributed by atoms with E-state index in [9.17, 15) is 4.79 Å². The van der Waals surface area contributed by atoms with Crippen molar-refractivity contribution in [3.8, 4) is 22.8 Å². The van der Waals surface area contributed by atoms with E-state index in [0.717, 1.165) is 22.2 Å². The Morgan fingerprint density at radius 3 is 2.73 bits per heavy atom. The van der Waals surface area contributed by atoms with E-state index >= 15 is 0 Å². The van der Waals surface area contributed by atoms with Gasteiger partial charge in [-0.05, 0) is 60.3 Å². The first-order valence-electron chi connectivity index (χ1n) is 9.12. The highest BCUT2D eigenvalue weighted by atomic mass is 16.5. The summed E-state index contributed by atoms with van der Waals surface area (Å²) in [6, 6.07) is 11.2. The highest BCUT2D eigenvalue weighted by Gasteiger charge is 2.13. The Kier molecular flexibility index (Phi) is 6.44. The van der Waals surface area contributed by atoms with Crippen LogP contribution in [0, 0.1) is 0 Å². The Balaban J connectivity index is 1.94. The smallest absolute Gasteiger partial charge is 0.249 e. The molecule has 0 unspecified atom stereocenters. The summed E-state index contributed by atoms with van der Waals surface area (Å²) >= 11 is 0. The van der Waals surface area contributed by atoms with Crippen LogP contribution in [0.1, 0.15) is 0 Å². The monoisotopic (exact) mass is 402 g/mol. The van der Waals surface area contributed by atoms with Crippen LogP contribution in [0.25, 0.3) is 22.2 Å². The van der Waals surface area contributed by atoms with Gasteiger partial charge in [-0.15, -0.1) is 0 Å². The van der Waals surface area contributed by atoms with Crippen molar-refractivity contribution in [2.75, 3.05) is 13.7 Å². The van der Waals surface area contributed by atoms with Gasteiger partial charge in [0.2, 0.25) is 5.91 Å². The Hall–Kier alpha value is -4.13. The van der Waals surface area contributed by atoms with E-state index < -0.39 is 5.91 Å². The Morgan fingerprint density at radius 2 is 2.07 bits per heavy atom. The van der Waals surface area contributed by atoms with Gasteiger partial charge in [0.05, 0.1) is 24.5 Å². The van der Waals surface area contributed by atoms with E-state index in [1.54, 1.807) is 19.5 Å². The normalized spacial score (nSPS) is 11.6. The number of carbonyl (C=O) groups is 1. The molecule has 0 saturated carbocycles. The van der Waals surface area contributed by atoms with Crippen LogP contribution in [0.5, 0.6) is 11.5 Å². The first-order chi connectivity index (χ1) is 14.5. The van der Waals surface area contributed by atoms with Crippen LogP contribution < -0.4 is 20.9 Å². The lowest BCUT2D eigenvalue weighted by atomic mass is 10.1. The number of aromatic nitrogens is 2. The van der Waals surface area contributed by atoms with Crippen LogP contribution in [0.3, 0.4) is 0 Å². The number of amides is 1. The number of ether oxygens (including phenoxy) is 2. The molecule has 0 aliphatic heterocycles. The Bertz CT molecular complexity index is 1130. The number of carbonyl (C=O) groups excluding carboxylic acids is 1. The molecule has 3 aromatic rings. The number of rotatable bonds is 8. The molecule has 0 radical (unpaired) electrons. The van der Waals surface area contributed by atoms with E-state index in [2.05, 4.69) is 16.5 Å². The molecule has 30 heavy (non-hydrogen) atoms. The summed E-state index contributed by atoms with van der Waals surface area (Å²) in [6.45, 7) is 3.98. The van der Waals surface area contributed by atoms with Crippen LogP contribution in [0.15, 0.2) is 84.9 Å². The first kappa shape index (κ1) is 20.6. The third kappa shape index (κ3) is 4.64. The standard InChI is InChI=1S/C23H22N4O3/c1-15(18(23(25)28)5-3-9-24)14-30-22-12-16(11-21-19(22)6-4-10-26-21)20-8-7-17(29-2)13-27-20/h3-13H,1,14,24H2,2H3,(H2,25,28)/b9-3-,18-5+. The van der Waals surface area contributed by atoms with Gasteiger partial charge in [0.1, 0.15) is 18.1 Å². The van der Waals surface area contributed by atoms with Crippen LogP contribution in [-0.2, 0) is 4.79 Å². The Morgan fingerprint density at radius 1 is 1.23 bits per heavy atom. The number of hydrogen-bond acceptors (Lipinski definition) is 6. The average Bonchev–Trinajstić information content (AvgIpc) is 2.77. The largest absolute Gasteiger partial charge is 0.495 e. The molecule has 0 aliphatic rings. The maximum atomic E-state index is 11.7. The van der Waals surface area contributed by atoms with Crippen molar-refractivity contribution in [3.63, 3.8) is 0 Å². The van der Waals surface area contributed by atoms with Gasteiger partial charge < -0.3 is 20.9 Å². The SMILES string of the molecule is C=C(COc1cc(-c2ccc(OC)cn2)cc2ncccc12)/C(=C\C=C/N)C(N)=O. The van der Waals surface area contributed by atoms with Crippen molar-refractivity contribution in [2.24, 2.45) is 11.5 Å². The summed E-state index contributed by atoms with van der Waals surface area (Å²) in [7, 11) is 1.59. The number of benzene rings is 1. The van der Waals surface area contributed by atoms with Gasteiger partial charge >= 0.3 is 0 Å². The number of fused-ring (bicyclic) bond motifs is 1. The third-order valence-electron chi connectivity index (χ3n) is 4.37. The van der Waals surface area contributed by atoms with Gasteiger partial charge in [0.25, 0.3) is 0 Å². The van der Waals surface area contributed by atoms with E-state index in [0.29, 0.717) is 17.1 Å². The molecule has 7 heteroatoms. The lowest BCUT2D eigenvalue weighted by molar-refractivity contribution is -0.114. The summed E-state index contributed by atoms with van der Waals surface area (Å²) in [5.41, 5.74) is 13.8. The number of nitrogens with zero attached hydrogens (tertiary/aromatic N) is 2. The summed E-state index contributed by atoms with van der Waals surface area (Å²) in [5, 5.41) is 0.828. The first-order valence-corrected chi connectivity index (χ1v) is 9.12. The molecule has 0 aliphatic carbocycles. The number of methoxy groups -OCH3 is 1. The summed E-state index contributed by atoms with van der Waals surface area (Å²) < 4.78 is 11.2. The Labute approximate surface area is 174 Å². The predicted octanol–water partition coefficient (Wildman–Crippen LogP) is 3.12. The van der Waals surface area contributed by atoms with Gasteiger partial charge in [0, 0.05) is 22.7 Å². The lowest BCUT2D eigenvalue weighted by Gasteiger charge is -2.13. The van der Waals surface area contributed by atoms with E-state index in [1.165, 1.54) is 18.4 Å². The molecule has 3 rings (SSSR count). The zero-order valence-corrected chi connectivity index (χ0v) is 16.5. The molecule has 0 saturated heterocycles. The molecule has 0 spiro atoms. The van der Waals surface area contributed by atoms with Crippen LogP contribution in [0.4, 0.5) is 0 Å². The molecule has 2 heterocycles. The quantitative estimate of drug-likeness (QED) is 0.442. The van der Waals surface area contributed by atoms with Crippen molar-refractivity contribution in [1.29, 1.82) is 0 Å². The van der Waals surface area contributed by atoms with Gasteiger partial charge in [-0.3, -0.25) is 14.8 Å². The second-order valence-corrected chi connectivity index (χ2v) is 6.35. The second-order valence-electron chi connectivity index (χ2n) is 6.35. The molecule has 0 atom stereocenters. The van der Waals surface area contributed by atoms with E-state index in [-0.39, 0.29) is 12.2 Å². The summed E-state index contributed by atoms with van der Waals surface area (Å²) in [6.07, 6.45) is 7.69. The molecule has 1 aromatic carbocycles. The molecule has 1 amide bonds. The maximum Gasteiger partial charge on any atom is 0.249 e. The molecule has 7 nitrogen and oxygen atoms in total. The predicted molar refractivity (Wildman–Crippen MR) is 117 cm³/mol. The van der Waals surface area contributed by atoms with Crippen molar-refractivity contribution < 1.29 is 14.3 Å². The average molecular weight is 402 g/mol. The minimum Gasteiger partial charge on any atom is -0.495 e. The van der Waals surface area contributed by atoms with Gasteiger partial charge in [0.15, 0.2) is 0 Å². The van der Waals surface area contributed by atoms with Gasteiger partial charge in [-0.25, -0.2) is 0 Å². The van der Waals surface area contributed by atoms with Crippen molar-refractivity contribution in [2.45, 2.75) is 0 Å². The molecule has 4 N–H and O–H groups in total. The van der Waals surface area contributed by atoms with Gasteiger partial charge in [-0.2, -0.15) is 0 Å². The summed E-state index contributed by atoms with van der Waals surface area (Å²) in [4.78, 5) is 20.6. The third-order valence-corrected chi connectivity index (χ3v) is 4.37. The molecular formula is C23H22N4O3. The topological polar surface area (TPSA) is 113 Å². The number of primary amides is 1. The molecular weight excluding hydrogens is 380 g/mol. The lowest BCUT2D eigenvalue weighted by Crippen LogP contribution is -2.18. The number of allylic oxidation sites excluding steroid dienone is 2. The zero-order valence-electron chi connectivity index (χ0n) is 16.5. The highest BCUT2D eigenvalue weighted by Crippen LogP contribution is 2.31. The van der Waals surface area contributed by atoms with Crippen LogP contribution in [0.2, 0.25) is 0 Å². The summed E-state index contributed by atoms with van der Waals surface area (Å²) in [5.74, 6) is 0.652. The fourth-order valence-corrected chi connectivity index (χ4v) is 2.86. The maximum absolute atomic E-state index is 11.7. The second kappa shape index (κ2) is 9.38. The van der Waals surface area contributed by atoms with E-state index in [4.69, 9.17) is 20.9 Å².